The van der Waals surface area contributed by atoms with Crippen molar-refractivity contribution in [3.8, 4) is 0 Å². The highest BCUT2D eigenvalue weighted by Gasteiger charge is 2.25. The van der Waals surface area contributed by atoms with E-state index in [-0.39, 0.29) is 12.5 Å². The summed E-state index contributed by atoms with van der Waals surface area (Å²) in [5, 5.41) is 17.6. The van der Waals surface area contributed by atoms with Crippen LogP contribution in [0.1, 0.15) is 81.2 Å². The van der Waals surface area contributed by atoms with Gasteiger partial charge in [-0.1, -0.05) is 32.9 Å². The Labute approximate surface area is 227 Å². The van der Waals surface area contributed by atoms with E-state index in [1.807, 2.05) is 12.4 Å². The highest BCUT2D eigenvalue weighted by Crippen LogP contribution is 2.30. The Morgan fingerprint density at radius 3 is 2.53 bits per heavy atom. The molecule has 0 spiro atoms. The lowest BCUT2D eigenvalue weighted by Gasteiger charge is -2.33. The van der Waals surface area contributed by atoms with Gasteiger partial charge in [-0.3, -0.25) is 4.79 Å². The minimum atomic E-state index is -0.194. The summed E-state index contributed by atoms with van der Waals surface area (Å²) < 4.78 is 0. The van der Waals surface area contributed by atoms with E-state index in [0.717, 1.165) is 74.1 Å². The summed E-state index contributed by atoms with van der Waals surface area (Å²) in [5.41, 5.74) is 2.12. The molecular weight excluding hydrogens is 490 g/mol. The molecule has 1 fully saturated rings. The first kappa shape index (κ1) is 31.8. The molecule has 0 radical (unpaired) electrons. The number of nitrogens with one attached hydrogen (secondary N) is 2. The van der Waals surface area contributed by atoms with Crippen molar-refractivity contribution in [2.24, 2.45) is 0 Å². The molecule has 0 bridgehead atoms. The molecule has 3 N–H and O–H groups in total. The third-order valence-electron chi connectivity index (χ3n) is 5.76. The van der Waals surface area contributed by atoms with Crippen molar-refractivity contribution in [1.82, 2.24) is 25.4 Å². The highest BCUT2D eigenvalue weighted by molar-refractivity contribution is 7.80. The molecule has 1 aliphatic rings. The molecule has 1 aromatic rings. The lowest BCUT2D eigenvalue weighted by Crippen LogP contribution is -2.44. The number of nitrogens with zero attached hydrogens (tertiary/aromatic N) is 3. The summed E-state index contributed by atoms with van der Waals surface area (Å²) in [6, 6.07) is 0. The molecule has 0 atom stereocenters. The minimum Gasteiger partial charge on any atom is -0.397 e. The van der Waals surface area contributed by atoms with Crippen LogP contribution in [0.5, 0.6) is 0 Å². The van der Waals surface area contributed by atoms with Crippen molar-refractivity contribution < 1.29 is 9.90 Å². The van der Waals surface area contributed by atoms with Crippen LogP contribution in [0.15, 0.2) is 41.6 Å². The number of likely N-dealkylation sites (tertiary alicyclic amines) is 1. The number of allylic oxidation sites excluding steroid dienone is 3. The lowest BCUT2D eigenvalue weighted by atomic mass is 9.98. The number of amides is 1. The normalized spacial score (nSPS) is 14.6. The molecular formula is C27H45N5O2S2. The first-order chi connectivity index (χ1) is 17.4. The monoisotopic (exact) mass is 535 g/mol. The van der Waals surface area contributed by atoms with Crippen molar-refractivity contribution in [3.05, 3.63) is 52.3 Å². The lowest BCUT2D eigenvalue weighted by molar-refractivity contribution is 0.0961. The van der Waals surface area contributed by atoms with E-state index in [0.29, 0.717) is 17.3 Å². The summed E-state index contributed by atoms with van der Waals surface area (Å²) >= 11 is 7.07. The number of likely N-dealkylation sites (N-methyl/N-ethyl adjacent to an activating group) is 1. The first-order valence-electron chi connectivity index (χ1n) is 13.0. The molecule has 0 aliphatic carbocycles. The fourth-order valence-electron chi connectivity index (χ4n) is 3.61. The van der Waals surface area contributed by atoms with Gasteiger partial charge in [0.05, 0.1) is 16.4 Å². The van der Waals surface area contributed by atoms with E-state index in [4.69, 9.17) is 22.3 Å². The van der Waals surface area contributed by atoms with Gasteiger partial charge in [0.2, 0.25) is 0 Å². The summed E-state index contributed by atoms with van der Waals surface area (Å²) in [5.74, 6) is 0.177. The van der Waals surface area contributed by atoms with E-state index in [1.54, 1.807) is 24.3 Å². The van der Waals surface area contributed by atoms with Crippen molar-refractivity contribution in [2.75, 3.05) is 39.8 Å². The Morgan fingerprint density at radius 2 is 1.97 bits per heavy atom. The standard InChI is InChI=1S/C25H39N5OS2.C2H6O/c1-6-10-11-12-22(29(5)9-4)20(8-3)27-23(31)21-18-33-24(28-21)19-13-16-30(17-14-19)25(32)26-15-7-2;1-2-3/h8,11-12,18-19H,3,6-7,9-10,13-17H2,1-2,4-5H3,(H,26,32)(H,27,31);3H,2H2,1H3/b12-11-,22-20-;. The Balaban J connectivity index is 0.00000205. The highest BCUT2D eigenvalue weighted by atomic mass is 32.1. The average Bonchev–Trinajstić information content (AvgIpc) is 3.39. The van der Waals surface area contributed by atoms with Gasteiger partial charge in [0.25, 0.3) is 5.91 Å². The summed E-state index contributed by atoms with van der Waals surface area (Å²) in [6.07, 6.45) is 11.0. The van der Waals surface area contributed by atoms with Gasteiger partial charge in [0.15, 0.2) is 5.11 Å². The molecule has 7 nitrogen and oxygen atoms in total. The van der Waals surface area contributed by atoms with Crippen LogP contribution in [-0.2, 0) is 0 Å². The quantitative estimate of drug-likeness (QED) is 0.271. The zero-order valence-corrected chi connectivity index (χ0v) is 24.3. The first-order valence-corrected chi connectivity index (χ1v) is 14.3. The Hall–Kier alpha value is -2.23. The number of thiazole rings is 1. The maximum Gasteiger partial charge on any atom is 0.275 e. The number of thiocarbonyl (C=S) groups is 1. The van der Waals surface area contributed by atoms with Crippen LogP contribution in [0.25, 0.3) is 0 Å². The van der Waals surface area contributed by atoms with Gasteiger partial charge in [-0.05, 0) is 63.9 Å². The van der Waals surface area contributed by atoms with Gasteiger partial charge < -0.3 is 25.5 Å². The topological polar surface area (TPSA) is 80.7 Å². The fourth-order valence-corrected chi connectivity index (χ4v) is 4.87. The molecule has 2 rings (SSSR count). The van der Waals surface area contributed by atoms with Crippen LogP contribution >= 0.6 is 23.6 Å². The van der Waals surface area contributed by atoms with Crippen molar-refractivity contribution in [3.63, 3.8) is 0 Å². The molecule has 36 heavy (non-hydrogen) atoms. The molecule has 2 heterocycles. The van der Waals surface area contributed by atoms with Gasteiger partial charge in [-0.2, -0.15) is 0 Å². The van der Waals surface area contributed by atoms with E-state index < -0.39 is 0 Å². The maximum absolute atomic E-state index is 13.0. The predicted molar refractivity (Wildman–Crippen MR) is 156 cm³/mol. The molecule has 0 unspecified atom stereocenters. The average molecular weight is 536 g/mol. The summed E-state index contributed by atoms with van der Waals surface area (Å²) in [6.45, 7) is 15.8. The summed E-state index contributed by atoms with van der Waals surface area (Å²) in [4.78, 5) is 22.0. The van der Waals surface area contributed by atoms with Crippen LogP contribution in [0.2, 0.25) is 0 Å². The van der Waals surface area contributed by atoms with E-state index >= 15 is 0 Å². The van der Waals surface area contributed by atoms with Gasteiger partial charge in [-0.15, -0.1) is 11.3 Å². The zero-order chi connectivity index (χ0) is 26.9. The number of piperidine rings is 1. The Kier molecular flexibility index (Phi) is 16.0. The van der Waals surface area contributed by atoms with Crippen LogP contribution in [0, 0.1) is 0 Å². The number of unbranched alkanes of at least 4 members (excludes halogenated alkanes) is 1. The Bertz CT molecular complexity index is 873. The molecule has 1 amide bonds. The van der Waals surface area contributed by atoms with Gasteiger partial charge >= 0.3 is 0 Å². The third-order valence-corrected chi connectivity index (χ3v) is 7.17. The van der Waals surface area contributed by atoms with E-state index in [1.165, 1.54) is 0 Å². The molecule has 1 aromatic heterocycles. The fraction of sp³-hybridized carbons (Fsp3) is 0.593. The predicted octanol–water partition coefficient (Wildman–Crippen LogP) is 5.04. The number of rotatable bonds is 11. The van der Waals surface area contributed by atoms with E-state index in [2.05, 4.69) is 59.9 Å². The van der Waals surface area contributed by atoms with Crippen molar-refractivity contribution in [1.29, 1.82) is 0 Å². The van der Waals surface area contributed by atoms with Gasteiger partial charge in [0.1, 0.15) is 5.69 Å². The van der Waals surface area contributed by atoms with E-state index in [9.17, 15) is 4.79 Å². The van der Waals surface area contributed by atoms with Crippen LogP contribution in [-0.4, -0.2) is 70.7 Å². The van der Waals surface area contributed by atoms with Crippen molar-refractivity contribution in [2.45, 2.75) is 65.7 Å². The Morgan fingerprint density at radius 1 is 1.31 bits per heavy atom. The van der Waals surface area contributed by atoms with Crippen LogP contribution in [0.3, 0.4) is 0 Å². The number of aliphatic hydroxyl groups excluding tert-OH is 1. The number of aromatic nitrogens is 1. The largest absolute Gasteiger partial charge is 0.397 e. The molecule has 0 saturated carbocycles. The van der Waals surface area contributed by atoms with Gasteiger partial charge in [0, 0.05) is 51.1 Å². The van der Waals surface area contributed by atoms with Gasteiger partial charge in [-0.25, -0.2) is 4.98 Å². The molecule has 202 valence electrons. The van der Waals surface area contributed by atoms with Crippen LogP contribution in [0.4, 0.5) is 0 Å². The molecule has 1 saturated heterocycles. The number of hydrogen-bond acceptors (Lipinski definition) is 6. The number of carbonyl (C=O) groups excluding carboxylic acids is 1. The van der Waals surface area contributed by atoms with Crippen molar-refractivity contribution >= 4 is 34.6 Å². The number of carbonyl (C=O) groups is 1. The third kappa shape index (κ3) is 10.4. The molecule has 1 aliphatic heterocycles. The zero-order valence-electron chi connectivity index (χ0n) is 22.7. The number of aliphatic hydroxyl groups is 1. The summed E-state index contributed by atoms with van der Waals surface area (Å²) in [7, 11) is 2.01. The van der Waals surface area contributed by atoms with Crippen LogP contribution < -0.4 is 10.6 Å². The molecule has 9 heteroatoms. The second-order valence-electron chi connectivity index (χ2n) is 8.54. The molecule has 0 aromatic carbocycles. The SMILES string of the molecule is C=C/C(NC(=O)c1csc(C2CCN(C(=S)NCCC)CC2)n1)=C(\C=C/CCC)N(C)CC.CCO. The maximum atomic E-state index is 13.0. The smallest absolute Gasteiger partial charge is 0.275 e. The number of hydrogen-bond donors (Lipinski definition) is 3. The minimum absolute atomic E-state index is 0.194. The second-order valence-corrected chi connectivity index (χ2v) is 9.82. The second kappa shape index (κ2) is 18.1.